The lowest BCUT2D eigenvalue weighted by molar-refractivity contribution is -0.121. The van der Waals surface area contributed by atoms with Crippen LogP contribution in [0.15, 0.2) is 53.4 Å². The highest BCUT2D eigenvalue weighted by atomic mass is 32.2. The predicted octanol–water partition coefficient (Wildman–Crippen LogP) is 3.04. The lowest BCUT2D eigenvalue weighted by Crippen LogP contribution is -2.33. The van der Waals surface area contributed by atoms with Crippen LogP contribution in [0.2, 0.25) is 0 Å². The van der Waals surface area contributed by atoms with E-state index in [4.69, 9.17) is 0 Å². The highest BCUT2D eigenvalue weighted by Gasteiger charge is 2.21. The molecule has 0 saturated heterocycles. The number of nitrogens with one attached hydrogen (secondary N) is 1. The quantitative estimate of drug-likeness (QED) is 0.575. The van der Waals surface area contributed by atoms with Crippen molar-refractivity contribution in [2.45, 2.75) is 37.1 Å². The summed E-state index contributed by atoms with van der Waals surface area (Å²) in [5.74, 6) is -0.929. The summed E-state index contributed by atoms with van der Waals surface area (Å²) in [5, 5.41) is 2.87. The van der Waals surface area contributed by atoms with Gasteiger partial charge in [-0.1, -0.05) is 31.2 Å². The Kier molecular flexibility index (Phi) is 8.19. The van der Waals surface area contributed by atoms with Gasteiger partial charge in [-0.3, -0.25) is 9.10 Å². The Hall–Kier alpha value is -2.46. The molecule has 0 unspecified atom stereocenters. The van der Waals surface area contributed by atoms with Gasteiger partial charge in [0.2, 0.25) is 15.9 Å². The number of carbonyl (C=O) groups excluding carboxylic acids is 1. The molecule has 2 rings (SSSR count). The summed E-state index contributed by atoms with van der Waals surface area (Å²) in [6.07, 6.45) is 2.97. The number of anilines is 1. The Morgan fingerprint density at radius 2 is 1.65 bits per heavy atom. The van der Waals surface area contributed by atoms with E-state index >= 15 is 0 Å². The summed E-state index contributed by atoms with van der Waals surface area (Å²) in [5.41, 5.74) is 0.718. The average Bonchev–Trinajstić information content (AvgIpc) is 2.69. The van der Waals surface area contributed by atoms with Crippen LogP contribution in [0.1, 0.15) is 37.8 Å². The van der Waals surface area contributed by atoms with Crippen molar-refractivity contribution in [2.75, 3.05) is 23.4 Å². The van der Waals surface area contributed by atoms with Crippen LogP contribution in [-0.4, -0.2) is 41.8 Å². The first-order valence-electron chi connectivity index (χ1n) is 9.75. The first kappa shape index (κ1) is 24.8. The number of para-hydroxylation sites is 1. The third-order valence-corrected chi connectivity index (χ3v) is 7.05. The zero-order chi connectivity index (χ0) is 23.2. The van der Waals surface area contributed by atoms with Gasteiger partial charge in [-0.05, 0) is 42.7 Å². The first-order valence-corrected chi connectivity index (χ1v) is 13.5. The molecule has 10 heteroatoms. The van der Waals surface area contributed by atoms with Crippen molar-refractivity contribution in [3.63, 3.8) is 0 Å². The van der Waals surface area contributed by atoms with E-state index in [2.05, 4.69) is 5.32 Å². The largest absolute Gasteiger partial charge is 0.349 e. The van der Waals surface area contributed by atoms with E-state index in [1.54, 1.807) is 18.2 Å². The fourth-order valence-corrected chi connectivity index (χ4v) is 4.73. The molecule has 0 saturated carbocycles. The molecule has 31 heavy (non-hydrogen) atoms. The zero-order valence-corrected chi connectivity index (χ0v) is 19.3. The van der Waals surface area contributed by atoms with Crippen LogP contribution in [0.5, 0.6) is 0 Å². The Labute approximate surface area is 183 Å². The molecule has 0 fully saturated rings. The van der Waals surface area contributed by atoms with E-state index in [1.165, 1.54) is 30.3 Å². The van der Waals surface area contributed by atoms with Gasteiger partial charge in [-0.15, -0.1) is 0 Å². The van der Waals surface area contributed by atoms with Crippen LogP contribution in [0.4, 0.5) is 10.1 Å². The van der Waals surface area contributed by atoms with Crippen LogP contribution in [0.3, 0.4) is 0 Å². The molecule has 2 aromatic carbocycles. The van der Waals surface area contributed by atoms with Crippen LogP contribution in [0.25, 0.3) is 0 Å². The van der Waals surface area contributed by atoms with Gasteiger partial charge in [0.05, 0.1) is 22.9 Å². The number of halogens is 1. The van der Waals surface area contributed by atoms with Crippen molar-refractivity contribution in [2.24, 2.45) is 0 Å². The van der Waals surface area contributed by atoms with Crippen LogP contribution >= 0.6 is 0 Å². The van der Waals surface area contributed by atoms with Crippen molar-refractivity contribution in [1.82, 2.24) is 5.32 Å². The minimum Gasteiger partial charge on any atom is -0.349 e. The minimum absolute atomic E-state index is 0.0347. The van der Waals surface area contributed by atoms with Crippen molar-refractivity contribution in [3.8, 4) is 0 Å². The molecule has 0 heterocycles. The molecular weight excluding hydrogens is 443 g/mol. The van der Waals surface area contributed by atoms with E-state index in [1.807, 2.05) is 6.92 Å². The second kappa shape index (κ2) is 10.2. The molecule has 0 aliphatic rings. The maximum Gasteiger partial charge on any atom is 0.232 e. The van der Waals surface area contributed by atoms with E-state index in [0.717, 1.165) is 22.4 Å². The van der Waals surface area contributed by atoms with E-state index < -0.39 is 25.7 Å². The highest BCUT2D eigenvalue weighted by Crippen LogP contribution is 2.22. The second-order valence-corrected chi connectivity index (χ2v) is 11.2. The van der Waals surface area contributed by atoms with Gasteiger partial charge in [0.25, 0.3) is 0 Å². The van der Waals surface area contributed by atoms with E-state index in [9.17, 15) is 26.0 Å². The average molecular weight is 471 g/mol. The molecule has 0 spiro atoms. The van der Waals surface area contributed by atoms with E-state index in [0.29, 0.717) is 6.42 Å². The van der Waals surface area contributed by atoms with Crippen molar-refractivity contribution < 1.29 is 26.0 Å². The maximum atomic E-state index is 14.0. The first-order chi connectivity index (χ1) is 14.4. The molecule has 1 amide bonds. The van der Waals surface area contributed by atoms with Gasteiger partial charge in [0, 0.05) is 19.2 Å². The van der Waals surface area contributed by atoms with Crippen molar-refractivity contribution in [3.05, 3.63) is 59.9 Å². The third-order valence-electron chi connectivity index (χ3n) is 4.74. The SMILES string of the molecule is CC[C@@H](NC(=O)CCCN(c1ccccc1F)S(C)(=O)=O)c1ccc(S(C)(=O)=O)cc1. The normalized spacial score (nSPS) is 12.9. The third kappa shape index (κ3) is 7.03. The molecule has 1 atom stereocenters. The minimum atomic E-state index is -3.71. The number of rotatable bonds is 10. The second-order valence-electron chi connectivity index (χ2n) is 7.26. The monoisotopic (exact) mass is 470 g/mol. The molecule has 170 valence electrons. The summed E-state index contributed by atoms with van der Waals surface area (Å²) in [6, 6.07) is 11.6. The summed E-state index contributed by atoms with van der Waals surface area (Å²) < 4.78 is 62.3. The Bertz CT molecular complexity index is 1120. The molecule has 0 radical (unpaired) electrons. The van der Waals surface area contributed by atoms with Crippen LogP contribution < -0.4 is 9.62 Å². The Morgan fingerprint density at radius 3 is 2.16 bits per heavy atom. The standard InChI is InChI=1S/C21H27FN2O5S2/c1-4-19(16-11-13-17(14-12-16)30(2,26)27)23-21(25)10-7-15-24(31(3,28)29)20-9-6-5-8-18(20)22/h5-6,8-9,11-14,19H,4,7,10,15H2,1-3H3,(H,23,25)/t19-/m1/s1. The number of hydrogen-bond acceptors (Lipinski definition) is 5. The summed E-state index contributed by atoms with van der Waals surface area (Å²) >= 11 is 0. The van der Waals surface area contributed by atoms with Crippen LogP contribution in [0, 0.1) is 5.82 Å². The number of hydrogen-bond donors (Lipinski definition) is 1. The molecule has 7 nitrogen and oxygen atoms in total. The van der Waals surface area contributed by atoms with Crippen molar-refractivity contribution >= 4 is 31.5 Å². The molecular formula is C21H27FN2O5S2. The van der Waals surface area contributed by atoms with Gasteiger partial charge in [0.15, 0.2) is 9.84 Å². The number of carbonyl (C=O) groups is 1. The van der Waals surface area contributed by atoms with Gasteiger partial charge in [0.1, 0.15) is 5.82 Å². The highest BCUT2D eigenvalue weighted by molar-refractivity contribution is 7.92. The number of sulfone groups is 1. The topological polar surface area (TPSA) is 101 Å². The van der Waals surface area contributed by atoms with Gasteiger partial charge in [-0.2, -0.15) is 0 Å². The lowest BCUT2D eigenvalue weighted by atomic mass is 10.0. The fraction of sp³-hybridized carbons (Fsp3) is 0.381. The number of amides is 1. The predicted molar refractivity (Wildman–Crippen MR) is 119 cm³/mol. The van der Waals surface area contributed by atoms with Crippen LogP contribution in [-0.2, 0) is 24.7 Å². The Morgan fingerprint density at radius 1 is 1.03 bits per heavy atom. The zero-order valence-electron chi connectivity index (χ0n) is 17.7. The molecule has 0 bridgehead atoms. The van der Waals surface area contributed by atoms with Gasteiger partial charge >= 0.3 is 0 Å². The smallest absolute Gasteiger partial charge is 0.232 e. The fourth-order valence-electron chi connectivity index (χ4n) is 3.14. The summed E-state index contributed by atoms with van der Waals surface area (Å²) in [4.78, 5) is 12.6. The number of sulfonamides is 1. The molecule has 0 aromatic heterocycles. The maximum absolute atomic E-state index is 14.0. The number of benzene rings is 2. The van der Waals surface area contributed by atoms with Gasteiger partial charge < -0.3 is 5.32 Å². The van der Waals surface area contributed by atoms with Gasteiger partial charge in [-0.25, -0.2) is 21.2 Å². The van der Waals surface area contributed by atoms with Crippen molar-refractivity contribution in [1.29, 1.82) is 0 Å². The van der Waals surface area contributed by atoms with E-state index in [-0.39, 0.29) is 41.9 Å². The molecule has 0 aliphatic heterocycles. The summed E-state index contributed by atoms with van der Waals surface area (Å²) in [6.45, 7) is 1.85. The summed E-state index contributed by atoms with van der Waals surface area (Å²) in [7, 11) is -7.01. The molecule has 0 aliphatic carbocycles. The molecule has 1 N–H and O–H groups in total. The Balaban J connectivity index is 2.00. The number of nitrogens with zero attached hydrogens (tertiary/aromatic N) is 1. The lowest BCUT2D eigenvalue weighted by Gasteiger charge is -2.23. The molecule has 2 aromatic rings.